The lowest BCUT2D eigenvalue weighted by Crippen LogP contribution is -2.35. The first-order chi connectivity index (χ1) is 13.7. The molecule has 2 heterocycles. The SMILES string of the molecule is COc1cc(C)c(CN2CCCC(c3ncc(Cl)cc3S(C)(=O)=O)C2)cc1OC. The summed E-state index contributed by atoms with van der Waals surface area (Å²) in [6, 6.07) is 5.51. The van der Waals surface area contributed by atoms with Gasteiger partial charge in [0.2, 0.25) is 0 Å². The second-order valence-corrected chi connectivity index (χ2v) is 9.94. The number of likely N-dealkylation sites (tertiary alicyclic amines) is 1. The quantitative estimate of drug-likeness (QED) is 0.682. The van der Waals surface area contributed by atoms with Gasteiger partial charge >= 0.3 is 0 Å². The number of rotatable bonds is 6. The zero-order valence-corrected chi connectivity index (χ0v) is 18.8. The summed E-state index contributed by atoms with van der Waals surface area (Å²) in [6.07, 6.45) is 4.61. The van der Waals surface area contributed by atoms with Crippen LogP contribution in [0.15, 0.2) is 29.3 Å². The van der Waals surface area contributed by atoms with E-state index in [0.717, 1.165) is 43.6 Å². The van der Waals surface area contributed by atoms with Gasteiger partial charge in [-0.1, -0.05) is 11.6 Å². The van der Waals surface area contributed by atoms with Crippen molar-refractivity contribution in [2.45, 2.75) is 37.1 Å². The molecule has 8 heteroatoms. The summed E-state index contributed by atoms with van der Waals surface area (Å²) < 4.78 is 35.3. The highest BCUT2D eigenvalue weighted by Gasteiger charge is 2.28. The average Bonchev–Trinajstić information content (AvgIpc) is 2.68. The van der Waals surface area contributed by atoms with E-state index in [-0.39, 0.29) is 10.8 Å². The molecule has 1 aliphatic rings. The molecular formula is C21H27ClN2O4S. The van der Waals surface area contributed by atoms with E-state index in [1.165, 1.54) is 18.5 Å². The summed E-state index contributed by atoms with van der Waals surface area (Å²) >= 11 is 6.01. The Labute approximate surface area is 177 Å². The van der Waals surface area contributed by atoms with Crippen LogP contribution in [0.1, 0.15) is 35.6 Å². The number of sulfone groups is 1. The minimum atomic E-state index is -3.40. The molecule has 0 spiro atoms. The predicted molar refractivity (Wildman–Crippen MR) is 114 cm³/mol. The molecule has 0 saturated carbocycles. The molecule has 1 aliphatic heterocycles. The third-order valence-corrected chi connectivity index (χ3v) is 6.71. The number of halogens is 1. The van der Waals surface area contributed by atoms with Gasteiger partial charge in [-0.25, -0.2) is 8.42 Å². The van der Waals surface area contributed by atoms with E-state index in [4.69, 9.17) is 21.1 Å². The Morgan fingerprint density at radius 2 is 1.90 bits per heavy atom. The number of methoxy groups -OCH3 is 2. The second kappa shape index (κ2) is 8.90. The molecule has 1 aromatic carbocycles. The molecule has 1 atom stereocenters. The summed E-state index contributed by atoms with van der Waals surface area (Å²) in [5.74, 6) is 1.47. The fraction of sp³-hybridized carbons (Fsp3) is 0.476. The van der Waals surface area contributed by atoms with Gasteiger partial charge in [-0.3, -0.25) is 9.88 Å². The smallest absolute Gasteiger partial charge is 0.177 e. The number of benzene rings is 1. The van der Waals surface area contributed by atoms with Crippen LogP contribution in [0.3, 0.4) is 0 Å². The number of piperidine rings is 1. The van der Waals surface area contributed by atoms with Gasteiger partial charge in [-0.2, -0.15) is 0 Å². The number of aryl methyl sites for hydroxylation is 1. The third kappa shape index (κ3) is 5.02. The van der Waals surface area contributed by atoms with E-state index in [1.807, 2.05) is 12.1 Å². The van der Waals surface area contributed by atoms with Crippen LogP contribution >= 0.6 is 11.6 Å². The van der Waals surface area contributed by atoms with Crippen LogP contribution in [0.4, 0.5) is 0 Å². The van der Waals surface area contributed by atoms with Crippen LogP contribution in [0, 0.1) is 6.92 Å². The van der Waals surface area contributed by atoms with E-state index >= 15 is 0 Å². The fourth-order valence-electron chi connectivity index (χ4n) is 3.89. The maximum atomic E-state index is 12.3. The van der Waals surface area contributed by atoms with Gasteiger partial charge in [0.05, 0.1) is 29.8 Å². The molecular weight excluding hydrogens is 412 g/mol. The maximum Gasteiger partial charge on any atom is 0.177 e. The first-order valence-electron chi connectivity index (χ1n) is 9.52. The summed E-state index contributed by atoms with van der Waals surface area (Å²) in [6.45, 7) is 4.50. The van der Waals surface area contributed by atoms with Crippen molar-refractivity contribution in [1.29, 1.82) is 0 Å². The van der Waals surface area contributed by atoms with Crippen molar-refractivity contribution in [3.8, 4) is 11.5 Å². The Hall–Kier alpha value is -1.83. The summed E-state index contributed by atoms with van der Waals surface area (Å²) in [4.78, 5) is 6.98. The van der Waals surface area contributed by atoms with Gasteiger partial charge in [0.25, 0.3) is 0 Å². The molecule has 0 amide bonds. The summed E-state index contributed by atoms with van der Waals surface area (Å²) in [7, 11) is -0.140. The highest BCUT2D eigenvalue weighted by Crippen LogP contribution is 2.34. The van der Waals surface area contributed by atoms with Crippen molar-refractivity contribution in [3.63, 3.8) is 0 Å². The van der Waals surface area contributed by atoms with Gasteiger partial charge in [0, 0.05) is 31.5 Å². The number of ether oxygens (including phenoxy) is 2. The molecule has 29 heavy (non-hydrogen) atoms. The molecule has 1 unspecified atom stereocenters. The summed E-state index contributed by atoms with van der Waals surface area (Å²) in [5, 5.41) is 0.336. The molecule has 0 N–H and O–H groups in total. The minimum absolute atomic E-state index is 0.0474. The van der Waals surface area contributed by atoms with Gasteiger partial charge in [-0.05, 0) is 55.6 Å². The van der Waals surface area contributed by atoms with Crippen molar-refractivity contribution < 1.29 is 17.9 Å². The normalized spacial score (nSPS) is 17.9. The number of hydrogen-bond acceptors (Lipinski definition) is 6. The van der Waals surface area contributed by atoms with Crippen molar-refractivity contribution in [1.82, 2.24) is 9.88 Å². The number of aromatic nitrogens is 1. The molecule has 0 bridgehead atoms. The fourth-order valence-corrected chi connectivity index (χ4v) is 5.05. The predicted octanol–water partition coefficient (Wildman–Crippen LogP) is 3.84. The van der Waals surface area contributed by atoms with E-state index in [1.54, 1.807) is 14.2 Å². The van der Waals surface area contributed by atoms with Gasteiger partial charge < -0.3 is 9.47 Å². The Balaban J connectivity index is 1.84. The lowest BCUT2D eigenvalue weighted by molar-refractivity contribution is 0.196. The highest BCUT2D eigenvalue weighted by atomic mass is 35.5. The number of hydrogen-bond donors (Lipinski definition) is 0. The third-order valence-electron chi connectivity index (χ3n) is 5.38. The maximum absolute atomic E-state index is 12.3. The second-order valence-electron chi connectivity index (χ2n) is 7.52. The summed E-state index contributed by atoms with van der Waals surface area (Å²) in [5.41, 5.74) is 2.91. The van der Waals surface area contributed by atoms with E-state index in [9.17, 15) is 8.42 Å². The van der Waals surface area contributed by atoms with Crippen LogP contribution < -0.4 is 9.47 Å². The van der Waals surface area contributed by atoms with Crippen LogP contribution in [-0.2, 0) is 16.4 Å². The standard InChI is InChI=1S/C21H27ClN2O4S/c1-14-8-18(27-2)19(28-3)9-16(14)13-24-7-5-6-15(12-24)21-20(29(4,25)26)10-17(22)11-23-21/h8-11,15H,5-7,12-13H2,1-4H3. The lowest BCUT2D eigenvalue weighted by Gasteiger charge is -2.33. The molecule has 158 valence electrons. The first-order valence-corrected chi connectivity index (χ1v) is 11.8. The monoisotopic (exact) mass is 438 g/mol. The van der Waals surface area contributed by atoms with E-state index in [2.05, 4.69) is 16.8 Å². The van der Waals surface area contributed by atoms with Crippen LogP contribution in [-0.4, -0.2) is 51.9 Å². The van der Waals surface area contributed by atoms with E-state index < -0.39 is 9.84 Å². The van der Waals surface area contributed by atoms with Crippen LogP contribution in [0.5, 0.6) is 11.5 Å². The number of pyridine rings is 1. The Bertz CT molecular complexity index is 994. The van der Waals surface area contributed by atoms with Crippen LogP contribution in [0.2, 0.25) is 5.02 Å². The zero-order chi connectivity index (χ0) is 21.2. The molecule has 1 saturated heterocycles. The molecule has 1 fully saturated rings. The number of nitrogens with zero attached hydrogens (tertiary/aromatic N) is 2. The first kappa shape index (κ1) is 21.9. The van der Waals surface area contributed by atoms with Crippen molar-refractivity contribution >= 4 is 21.4 Å². The molecule has 3 rings (SSSR count). The van der Waals surface area contributed by atoms with Gasteiger partial charge in [0.15, 0.2) is 21.3 Å². The van der Waals surface area contributed by atoms with Crippen molar-refractivity contribution in [2.24, 2.45) is 0 Å². The zero-order valence-electron chi connectivity index (χ0n) is 17.2. The molecule has 2 aromatic rings. The topological polar surface area (TPSA) is 68.7 Å². The molecule has 1 aromatic heterocycles. The van der Waals surface area contributed by atoms with Crippen LogP contribution in [0.25, 0.3) is 0 Å². The highest BCUT2D eigenvalue weighted by molar-refractivity contribution is 7.90. The Morgan fingerprint density at radius 1 is 1.21 bits per heavy atom. The lowest BCUT2D eigenvalue weighted by atomic mass is 9.93. The Morgan fingerprint density at radius 3 is 2.55 bits per heavy atom. The van der Waals surface area contributed by atoms with Crippen molar-refractivity contribution in [2.75, 3.05) is 33.6 Å². The average molecular weight is 439 g/mol. The van der Waals surface area contributed by atoms with Crippen molar-refractivity contribution in [3.05, 3.63) is 46.2 Å². The van der Waals surface area contributed by atoms with E-state index in [0.29, 0.717) is 22.2 Å². The molecule has 0 radical (unpaired) electrons. The largest absolute Gasteiger partial charge is 0.493 e. The molecule has 0 aliphatic carbocycles. The van der Waals surface area contributed by atoms with Gasteiger partial charge in [-0.15, -0.1) is 0 Å². The minimum Gasteiger partial charge on any atom is -0.493 e. The van der Waals surface area contributed by atoms with Gasteiger partial charge in [0.1, 0.15) is 0 Å². The molecule has 6 nitrogen and oxygen atoms in total. The Kier molecular flexibility index (Phi) is 6.71.